The van der Waals surface area contributed by atoms with Crippen LogP contribution in [0.3, 0.4) is 0 Å². The first kappa shape index (κ1) is 24.2. The van der Waals surface area contributed by atoms with Crippen molar-refractivity contribution in [3.05, 3.63) is 59.9 Å². The van der Waals surface area contributed by atoms with Gasteiger partial charge in [0.05, 0.1) is 17.6 Å². The quantitative estimate of drug-likeness (QED) is 0.691. The summed E-state index contributed by atoms with van der Waals surface area (Å²) in [6.45, 7) is 2.78. The highest BCUT2D eigenvalue weighted by Crippen LogP contribution is 2.26. The molecule has 0 bridgehead atoms. The van der Waals surface area contributed by atoms with E-state index in [-0.39, 0.29) is 36.1 Å². The Bertz CT molecular complexity index is 866. The molecular formula is C20H27Cl2FN4O. The van der Waals surface area contributed by atoms with Crippen LogP contribution in [0.4, 0.5) is 10.3 Å². The first-order valence-electron chi connectivity index (χ1n) is 8.85. The van der Waals surface area contributed by atoms with Crippen molar-refractivity contribution in [2.75, 3.05) is 25.0 Å². The van der Waals surface area contributed by atoms with Crippen LogP contribution >= 0.6 is 24.8 Å². The van der Waals surface area contributed by atoms with E-state index >= 15 is 0 Å². The lowest BCUT2D eigenvalue weighted by Crippen LogP contribution is -2.42. The van der Waals surface area contributed by atoms with Crippen molar-refractivity contribution in [1.82, 2.24) is 14.9 Å². The van der Waals surface area contributed by atoms with Crippen molar-refractivity contribution in [3.63, 3.8) is 0 Å². The molecule has 8 heteroatoms. The minimum absolute atomic E-state index is 0. The van der Waals surface area contributed by atoms with Gasteiger partial charge in [-0.05, 0) is 55.8 Å². The number of nitrogens with one attached hydrogen (secondary N) is 1. The Balaban J connectivity index is 0.00000131. The highest BCUT2D eigenvalue weighted by atomic mass is 35.5. The first-order valence-corrected chi connectivity index (χ1v) is 8.85. The van der Waals surface area contributed by atoms with Gasteiger partial charge in [-0.15, -0.1) is 24.8 Å². The smallest absolute Gasteiger partial charge is 0.206 e. The summed E-state index contributed by atoms with van der Waals surface area (Å²) in [7, 11) is 2.14. The molecule has 4 rings (SSSR count). The lowest BCUT2D eigenvalue weighted by atomic mass is 10.1. The van der Waals surface area contributed by atoms with Crippen LogP contribution in [0.1, 0.15) is 18.4 Å². The van der Waals surface area contributed by atoms with Crippen molar-refractivity contribution in [2.24, 2.45) is 0 Å². The summed E-state index contributed by atoms with van der Waals surface area (Å²) in [5.41, 5.74) is 3.19. The van der Waals surface area contributed by atoms with E-state index < -0.39 is 0 Å². The number of nitrogens with zero attached hydrogens (tertiary/aromatic N) is 3. The van der Waals surface area contributed by atoms with Gasteiger partial charge in [0.15, 0.2) is 0 Å². The third kappa shape index (κ3) is 4.94. The second-order valence-electron chi connectivity index (χ2n) is 6.71. The molecule has 1 fully saturated rings. The van der Waals surface area contributed by atoms with Crippen LogP contribution in [0.5, 0.6) is 0 Å². The number of para-hydroxylation sites is 2. The van der Waals surface area contributed by atoms with Gasteiger partial charge in [0.25, 0.3) is 0 Å². The molecule has 28 heavy (non-hydrogen) atoms. The van der Waals surface area contributed by atoms with Crippen LogP contribution in [0, 0.1) is 5.82 Å². The summed E-state index contributed by atoms with van der Waals surface area (Å²) in [4.78, 5) is 7.21. The Morgan fingerprint density at radius 1 is 1.07 bits per heavy atom. The SMILES string of the molecule is CN(c1nc2ccccc2n1Cc1ccc(F)cc1)C1CCNCC1.Cl.Cl.O. The number of imidazole rings is 1. The summed E-state index contributed by atoms with van der Waals surface area (Å²) in [6.07, 6.45) is 2.24. The predicted octanol–water partition coefficient (Wildman–Crippen LogP) is 3.43. The summed E-state index contributed by atoms with van der Waals surface area (Å²) < 4.78 is 15.5. The molecule has 0 aliphatic carbocycles. The Kier molecular flexibility index (Phi) is 9.17. The number of halogens is 3. The molecule has 1 aliphatic rings. The van der Waals surface area contributed by atoms with Gasteiger partial charge in [-0.3, -0.25) is 0 Å². The number of anilines is 1. The highest BCUT2D eigenvalue weighted by Gasteiger charge is 2.23. The molecule has 0 radical (unpaired) electrons. The number of hydrogen-bond acceptors (Lipinski definition) is 3. The molecular weight excluding hydrogens is 402 g/mol. The molecule has 0 saturated carbocycles. The maximum atomic E-state index is 13.2. The standard InChI is InChI=1S/C20H23FN4.2ClH.H2O/c1-24(17-10-12-22-13-11-17)20-23-18-4-2-3-5-19(18)25(20)14-15-6-8-16(21)9-7-15;;;/h2-9,17,22H,10-14H2,1H3;2*1H;1H2. The summed E-state index contributed by atoms with van der Waals surface area (Å²) in [5.74, 6) is 0.781. The molecule has 0 atom stereocenters. The van der Waals surface area contributed by atoms with Crippen LogP contribution in [-0.2, 0) is 6.54 Å². The molecule has 0 amide bonds. The minimum Gasteiger partial charge on any atom is -0.412 e. The van der Waals surface area contributed by atoms with Gasteiger partial charge >= 0.3 is 0 Å². The fourth-order valence-corrected chi connectivity index (χ4v) is 3.62. The lowest BCUT2D eigenvalue weighted by molar-refractivity contribution is 0.437. The van der Waals surface area contributed by atoms with E-state index in [0.717, 1.165) is 48.5 Å². The first-order chi connectivity index (χ1) is 12.2. The molecule has 3 N–H and O–H groups in total. The van der Waals surface area contributed by atoms with Gasteiger partial charge in [0, 0.05) is 13.1 Å². The average Bonchev–Trinajstić information content (AvgIpc) is 3.02. The number of aromatic nitrogens is 2. The predicted molar refractivity (Wildman–Crippen MR) is 118 cm³/mol. The minimum atomic E-state index is -0.203. The molecule has 5 nitrogen and oxygen atoms in total. The van der Waals surface area contributed by atoms with E-state index in [1.54, 1.807) is 0 Å². The second kappa shape index (κ2) is 10.6. The van der Waals surface area contributed by atoms with Crippen molar-refractivity contribution in [1.29, 1.82) is 0 Å². The molecule has 1 saturated heterocycles. The van der Waals surface area contributed by atoms with E-state index in [9.17, 15) is 4.39 Å². The second-order valence-corrected chi connectivity index (χ2v) is 6.71. The summed E-state index contributed by atoms with van der Waals surface area (Å²) in [6, 6.07) is 15.4. The van der Waals surface area contributed by atoms with Gasteiger partial charge in [-0.1, -0.05) is 24.3 Å². The van der Waals surface area contributed by atoms with E-state index in [4.69, 9.17) is 4.98 Å². The number of hydrogen-bond donors (Lipinski definition) is 1. The normalized spacial score (nSPS) is 13.9. The molecule has 1 aliphatic heterocycles. The average molecular weight is 429 g/mol. The molecule has 2 aromatic carbocycles. The third-order valence-electron chi connectivity index (χ3n) is 5.06. The number of benzene rings is 2. The third-order valence-corrected chi connectivity index (χ3v) is 5.06. The van der Waals surface area contributed by atoms with Gasteiger partial charge < -0.3 is 20.3 Å². The van der Waals surface area contributed by atoms with Crippen LogP contribution in [0.15, 0.2) is 48.5 Å². The van der Waals surface area contributed by atoms with Crippen molar-refractivity contribution in [2.45, 2.75) is 25.4 Å². The maximum Gasteiger partial charge on any atom is 0.206 e. The zero-order chi connectivity index (χ0) is 17.2. The van der Waals surface area contributed by atoms with E-state index in [0.29, 0.717) is 12.6 Å². The Labute approximate surface area is 177 Å². The zero-order valence-electron chi connectivity index (χ0n) is 15.8. The largest absolute Gasteiger partial charge is 0.412 e. The van der Waals surface area contributed by atoms with Crippen molar-refractivity contribution >= 4 is 41.8 Å². The summed E-state index contributed by atoms with van der Waals surface area (Å²) in [5, 5.41) is 3.42. The van der Waals surface area contributed by atoms with Crippen LogP contribution in [0.25, 0.3) is 11.0 Å². The zero-order valence-corrected chi connectivity index (χ0v) is 17.4. The van der Waals surface area contributed by atoms with E-state index in [1.807, 2.05) is 24.3 Å². The van der Waals surface area contributed by atoms with Crippen molar-refractivity contribution < 1.29 is 9.87 Å². The van der Waals surface area contributed by atoms with Gasteiger partial charge in [0.2, 0.25) is 5.95 Å². The number of piperidine rings is 1. The lowest BCUT2D eigenvalue weighted by Gasteiger charge is -2.32. The molecule has 154 valence electrons. The van der Waals surface area contributed by atoms with Crippen molar-refractivity contribution in [3.8, 4) is 0 Å². The topological polar surface area (TPSA) is 64.6 Å². The Hall–Kier alpha value is -1.86. The highest BCUT2D eigenvalue weighted by molar-refractivity contribution is 5.85. The van der Waals surface area contributed by atoms with Crippen LogP contribution < -0.4 is 10.2 Å². The molecule has 0 spiro atoms. The Morgan fingerprint density at radius 2 is 1.71 bits per heavy atom. The number of rotatable bonds is 4. The van der Waals surface area contributed by atoms with Crippen LogP contribution in [0.2, 0.25) is 0 Å². The fourth-order valence-electron chi connectivity index (χ4n) is 3.62. The molecule has 2 heterocycles. The number of fused-ring (bicyclic) bond motifs is 1. The molecule has 1 aromatic heterocycles. The summed E-state index contributed by atoms with van der Waals surface area (Å²) >= 11 is 0. The van der Waals surface area contributed by atoms with Gasteiger partial charge in [-0.25, -0.2) is 9.37 Å². The van der Waals surface area contributed by atoms with Gasteiger partial charge in [0.1, 0.15) is 5.82 Å². The van der Waals surface area contributed by atoms with E-state index in [2.05, 4.69) is 34.0 Å². The molecule has 0 unspecified atom stereocenters. The van der Waals surface area contributed by atoms with E-state index in [1.165, 1.54) is 12.1 Å². The van der Waals surface area contributed by atoms with Gasteiger partial charge in [-0.2, -0.15) is 0 Å². The Morgan fingerprint density at radius 3 is 2.39 bits per heavy atom. The fraction of sp³-hybridized carbons (Fsp3) is 0.350. The molecule has 3 aromatic rings. The van der Waals surface area contributed by atoms with Crippen LogP contribution in [-0.4, -0.2) is 41.2 Å². The monoisotopic (exact) mass is 428 g/mol. The maximum absolute atomic E-state index is 13.2.